The van der Waals surface area contributed by atoms with Crippen molar-refractivity contribution in [2.24, 2.45) is 0 Å². The number of nitrogens with zero attached hydrogens (tertiary/aromatic N) is 2. The number of rotatable bonds is 21. The summed E-state index contributed by atoms with van der Waals surface area (Å²) in [4.78, 5) is 26.0. The average Bonchev–Trinajstić information content (AvgIpc) is 3.48. The summed E-state index contributed by atoms with van der Waals surface area (Å²) in [5, 5.41) is 17.3. The first-order chi connectivity index (χ1) is 24.4. The van der Waals surface area contributed by atoms with Crippen molar-refractivity contribution in [1.82, 2.24) is 10.5 Å². The van der Waals surface area contributed by atoms with Gasteiger partial charge in [0.2, 0.25) is 0 Å². The monoisotopic (exact) mass is 741 g/mol. The number of thioether (sulfide) groups is 1. The molecule has 0 aliphatic carbocycles. The molecule has 3 rings (SSSR count). The first-order valence-electron chi connectivity index (χ1n) is 16.6. The fraction of sp³-hybridized carbons (Fsp3) is 0.405. The molecule has 0 radical (unpaired) electrons. The molecule has 0 fully saturated rings. The van der Waals surface area contributed by atoms with E-state index in [0.717, 1.165) is 30.6 Å². The third-order valence-electron chi connectivity index (χ3n) is 7.42. The smallest absolute Gasteiger partial charge is 0.415 e. The molecule has 1 atom stereocenters. The van der Waals surface area contributed by atoms with Crippen molar-refractivity contribution in [2.45, 2.75) is 81.2 Å². The lowest BCUT2D eigenvalue weighted by Crippen LogP contribution is -2.40. The minimum absolute atomic E-state index is 0.00386. The molecule has 0 spiro atoms. The van der Waals surface area contributed by atoms with Crippen LogP contribution in [-0.4, -0.2) is 63.7 Å². The van der Waals surface area contributed by atoms with E-state index in [1.54, 1.807) is 30.0 Å². The molecule has 0 saturated carbocycles. The first-order valence-corrected chi connectivity index (χ1v) is 19.1. The number of hydrogen-bond acceptors (Lipinski definition) is 11. The Morgan fingerprint density at radius 1 is 0.922 bits per heavy atom. The Morgan fingerprint density at radius 2 is 1.57 bits per heavy atom. The Bertz CT molecular complexity index is 1780. The molecular weight excluding hydrogens is 695 g/mol. The molecule has 0 saturated heterocycles. The number of allylic oxidation sites excluding steroid dienone is 5. The van der Waals surface area contributed by atoms with Gasteiger partial charge in [-0.2, -0.15) is 0 Å². The number of carbonyl (C=O) groups is 2. The van der Waals surface area contributed by atoms with Crippen molar-refractivity contribution < 1.29 is 41.7 Å². The first kappa shape index (κ1) is 41.0. The van der Waals surface area contributed by atoms with Crippen LogP contribution >= 0.6 is 11.8 Å². The lowest BCUT2D eigenvalue weighted by Gasteiger charge is -2.15. The van der Waals surface area contributed by atoms with Gasteiger partial charge in [-0.1, -0.05) is 65.3 Å². The van der Waals surface area contributed by atoms with E-state index >= 15 is 0 Å². The van der Waals surface area contributed by atoms with Gasteiger partial charge in [0.05, 0.1) is 28.8 Å². The largest absolute Gasteiger partial charge is 0.462 e. The number of amides is 1. The maximum Gasteiger partial charge on any atom is 0.415 e. The van der Waals surface area contributed by atoms with Crippen molar-refractivity contribution in [3.05, 3.63) is 100 Å². The Balaban J connectivity index is 1.37. The van der Waals surface area contributed by atoms with Crippen molar-refractivity contribution in [3.8, 4) is 5.88 Å². The summed E-state index contributed by atoms with van der Waals surface area (Å²) in [6, 6.07) is 13.7. The van der Waals surface area contributed by atoms with Gasteiger partial charge in [-0.05, 0) is 89.5 Å². The summed E-state index contributed by atoms with van der Waals surface area (Å²) < 4.78 is 46.0. The van der Waals surface area contributed by atoms with E-state index in [9.17, 15) is 23.2 Å². The van der Waals surface area contributed by atoms with Crippen molar-refractivity contribution >= 4 is 33.5 Å². The van der Waals surface area contributed by atoms with E-state index in [1.807, 2.05) is 12.1 Å². The second-order valence-electron chi connectivity index (χ2n) is 11.9. The van der Waals surface area contributed by atoms with Crippen LogP contribution in [0.3, 0.4) is 0 Å². The van der Waals surface area contributed by atoms with Gasteiger partial charge in [-0.3, -0.25) is 9.42 Å². The predicted molar refractivity (Wildman–Crippen MR) is 194 cm³/mol. The third kappa shape index (κ3) is 13.7. The van der Waals surface area contributed by atoms with E-state index in [1.165, 1.54) is 47.9 Å². The van der Waals surface area contributed by atoms with Crippen LogP contribution in [0.1, 0.15) is 70.7 Å². The minimum atomic E-state index is -4.24. The Morgan fingerprint density at radius 3 is 2.29 bits per heavy atom. The second kappa shape index (κ2) is 21.1. The number of carbonyl (C=O) groups excluding carboxylic acids is 2. The third-order valence-corrected chi connectivity index (χ3v) is 10.1. The molecular formula is C37H47N3O9S2. The van der Waals surface area contributed by atoms with Gasteiger partial charge in [-0.15, -0.1) is 11.8 Å². The Kier molecular flexibility index (Phi) is 17.0. The summed E-state index contributed by atoms with van der Waals surface area (Å²) in [5.41, 5.74) is 4.52. The van der Waals surface area contributed by atoms with E-state index in [-0.39, 0.29) is 42.1 Å². The molecule has 14 heteroatoms. The average molecular weight is 742 g/mol. The molecule has 1 amide bonds. The van der Waals surface area contributed by atoms with Crippen LogP contribution in [0, 0.1) is 5.21 Å². The maximum absolute atomic E-state index is 13.1. The molecule has 2 aromatic carbocycles. The number of esters is 1. The fourth-order valence-electron chi connectivity index (χ4n) is 4.59. The lowest BCUT2D eigenvalue weighted by molar-refractivity contribution is -0.832. The van der Waals surface area contributed by atoms with Crippen LogP contribution in [0.5, 0.6) is 5.88 Å². The van der Waals surface area contributed by atoms with Crippen molar-refractivity contribution in [3.63, 3.8) is 0 Å². The van der Waals surface area contributed by atoms with Gasteiger partial charge in [0.1, 0.15) is 19.3 Å². The van der Waals surface area contributed by atoms with Crippen LogP contribution in [0.4, 0.5) is 0 Å². The molecule has 1 heterocycles. The summed E-state index contributed by atoms with van der Waals surface area (Å²) in [6.07, 6.45) is 10.9. The molecule has 0 unspecified atom stereocenters. The molecule has 1 N–H and O–H groups in total. The summed E-state index contributed by atoms with van der Waals surface area (Å²) >= 11 is 1.56. The molecule has 12 nitrogen and oxygen atoms in total. The topological polar surface area (TPSA) is 161 Å². The number of sulfone groups is 1. The van der Waals surface area contributed by atoms with Gasteiger partial charge < -0.3 is 24.7 Å². The van der Waals surface area contributed by atoms with Gasteiger partial charge in [0.15, 0.2) is 0 Å². The number of ether oxygens (including phenoxy) is 3. The zero-order chi connectivity index (χ0) is 37.2. The molecule has 1 aromatic heterocycles. The Hall–Kier alpha value is -4.40. The molecule has 51 heavy (non-hydrogen) atoms. The highest BCUT2D eigenvalue weighted by molar-refractivity contribution is 7.99. The summed E-state index contributed by atoms with van der Waals surface area (Å²) in [6.45, 7) is 9.79. The van der Waals surface area contributed by atoms with Gasteiger partial charge >= 0.3 is 16.9 Å². The van der Waals surface area contributed by atoms with Crippen molar-refractivity contribution in [1.29, 1.82) is 0 Å². The van der Waals surface area contributed by atoms with E-state index in [0.29, 0.717) is 11.3 Å². The van der Waals surface area contributed by atoms with E-state index in [4.69, 9.17) is 14.2 Å². The molecule has 0 aliphatic rings. The van der Waals surface area contributed by atoms with Crippen LogP contribution in [0.15, 0.2) is 109 Å². The minimum Gasteiger partial charge on any atom is -0.462 e. The zero-order valence-corrected chi connectivity index (χ0v) is 31.4. The molecule has 0 aliphatic heterocycles. The summed E-state index contributed by atoms with van der Waals surface area (Å²) in [5.74, 6) is -0.801. The fourth-order valence-corrected chi connectivity index (χ4v) is 6.93. The van der Waals surface area contributed by atoms with E-state index in [2.05, 4.69) is 61.0 Å². The standard InChI is InChI=1S/C37H47N3O9S2/c1-27(2)13-11-14-28(3)15-12-16-29(4)21-26-50-33-20-10-9-19-32(33)34(41)38-30(5)37(42)48-25-23-46-22-24-47-35-36(40(43)49-39-35)51(44,45)31-17-7-6-8-18-31/h6-10,13,15,17-21,30H,11-12,14,16,22-26H2,1-5H3,(H,38,41)/b28-15+,29-21+/t30-/m0/s1. The normalized spacial score (nSPS) is 12.6. The van der Waals surface area contributed by atoms with Crippen molar-refractivity contribution in [2.75, 3.05) is 32.2 Å². The number of hydrogen-bond donors (Lipinski definition) is 1. The highest BCUT2D eigenvalue weighted by Gasteiger charge is 2.35. The van der Waals surface area contributed by atoms with Crippen LogP contribution in [0.2, 0.25) is 0 Å². The quantitative estimate of drug-likeness (QED) is 0.0422. The maximum atomic E-state index is 13.1. The number of nitrogens with one attached hydrogen (secondary N) is 1. The lowest BCUT2D eigenvalue weighted by atomic mass is 10.1. The second-order valence-corrected chi connectivity index (χ2v) is 14.9. The van der Waals surface area contributed by atoms with Gasteiger partial charge in [0, 0.05) is 10.6 Å². The number of aromatic nitrogens is 2. The Labute approximate surface area is 304 Å². The van der Waals surface area contributed by atoms with Crippen LogP contribution < -0.4 is 15.0 Å². The molecule has 3 aromatic rings. The highest BCUT2D eigenvalue weighted by atomic mass is 32.2. The van der Waals surface area contributed by atoms with Crippen LogP contribution in [0.25, 0.3) is 0 Å². The molecule has 0 bridgehead atoms. The highest BCUT2D eigenvalue weighted by Crippen LogP contribution is 2.25. The van der Waals surface area contributed by atoms with Gasteiger partial charge in [-0.25, -0.2) is 13.2 Å². The van der Waals surface area contributed by atoms with E-state index < -0.39 is 32.8 Å². The number of benzene rings is 2. The zero-order valence-electron chi connectivity index (χ0n) is 29.8. The summed E-state index contributed by atoms with van der Waals surface area (Å²) in [7, 11) is -4.24. The molecule has 276 valence electrons. The van der Waals surface area contributed by atoms with Crippen LogP contribution in [-0.2, 0) is 24.1 Å². The predicted octanol–water partition coefficient (Wildman–Crippen LogP) is 6.41. The van der Waals surface area contributed by atoms with Gasteiger partial charge in [0.25, 0.3) is 15.7 Å². The SMILES string of the molecule is CC(C)=CCC/C(C)=C/CC/C(C)=C/CSc1ccccc1C(=O)N[C@@H](C)C(=O)OCCOCCOc1no[n+]([O-])c1S(=O)(=O)c1ccccc1.